The van der Waals surface area contributed by atoms with Crippen LogP contribution in [0, 0.1) is 0 Å². The van der Waals surface area contributed by atoms with Gasteiger partial charge < -0.3 is 20.1 Å². The zero-order chi connectivity index (χ0) is 17.6. The van der Waals surface area contributed by atoms with E-state index in [1.165, 1.54) is 5.56 Å². The van der Waals surface area contributed by atoms with Crippen molar-refractivity contribution < 1.29 is 9.47 Å². The minimum Gasteiger partial charge on any atom is -0.454 e. The van der Waals surface area contributed by atoms with Gasteiger partial charge in [0.15, 0.2) is 17.3 Å². The van der Waals surface area contributed by atoms with Crippen molar-refractivity contribution in [2.75, 3.05) is 24.0 Å². The summed E-state index contributed by atoms with van der Waals surface area (Å²) < 4.78 is 10.7. The Hall–Kier alpha value is -3.35. The minimum absolute atomic E-state index is 0.274. The third kappa shape index (κ3) is 4.00. The number of ether oxygens (including phenoxy) is 2. The van der Waals surface area contributed by atoms with Gasteiger partial charge in [0.1, 0.15) is 0 Å². The molecule has 2 aromatic carbocycles. The summed E-state index contributed by atoms with van der Waals surface area (Å²) in [5.41, 5.74) is 2.34. The lowest BCUT2D eigenvalue weighted by Crippen LogP contribution is -2.10. The van der Waals surface area contributed by atoms with Crippen molar-refractivity contribution in [3.8, 4) is 11.5 Å². The van der Waals surface area contributed by atoms with E-state index in [-0.39, 0.29) is 6.79 Å². The summed E-state index contributed by atoms with van der Waals surface area (Å²) in [6, 6.07) is 16.2. The fraction of sp³-hybridized carbons (Fsp3) is 0.211. The summed E-state index contributed by atoms with van der Waals surface area (Å²) in [5, 5.41) is 14.5. The van der Waals surface area contributed by atoms with Crippen LogP contribution < -0.4 is 20.1 Å². The van der Waals surface area contributed by atoms with Crippen molar-refractivity contribution in [2.24, 2.45) is 0 Å². The highest BCUT2D eigenvalue weighted by molar-refractivity contribution is 5.45. The zero-order valence-electron chi connectivity index (χ0n) is 14.2. The van der Waals surface area contributed by atoms with Crippen molar-refractivity contribution in [1.29, 1.82) is 0 Å². The molecule has 0 spiro atoms. The van der Waals surface area contributed by atoms with Crippen LogP contribution in [0.5, 0.6) is 11.5 Å². The first-order valence-electron chi connectivity index (χ1n) is 8.47. The Kier molecular flexibility index (Phi) is 4.77. The van der Waals surface area contributed by atoms with Crippen LogP contribution in [0.25, 0.3) is 0 Å². The molecular weight excluding hydrogens is 330 g/mol. The molecule has 132 valence electrons. The highest BCUT2D eigenvalue weighted by atomic mass is 16.7. The second-order valence-electron chi connectivity index (χ2n) is 5.87. The number of hydrogen-bond donors (Lipinski definition) is 2. The number of rotatable bonds is 7. The molecule has 7 heteroatoms. The molecule has 1 aromatic heterocycles. The molecule has 0 unspecified atom stereocenters. The number of anilines is 2. The van der Waals surface area contributed by atoms with Crippen molar-refractivity contribution in [3.05, 3.63) is 65.9 Å². The van der Waals surface area contributed by atoms with Crippen molar-refractivity contribution in [3.63, 3.8) is 0 Å². The fourth-order valence-corrected chi connectivity index (χ4v) is 2.68. The molecule has 1 aliphatic rings. The van der Waals surface area contributed by atoms with Crippen LogP contribution in [-0.4, -0.2) is 28.5 Å². The summed E-state index contributed by atoms with van der Waals surface area (Å²) >= 11 is 0. The average Bonchev–Trinajstić information content (AvgIpc) is 3.15. The quantitative estimate of drug-likeness (QED) is 0.679. The lowest BCUT2D eigenvalue weighted by atomic mass is 10.1. The van der Waals surface area contributed by atoms with E-state index in [9.17, 15) is 0 Å². The topological polar surface area (TPSA) is 81.2 Å². The Labute approximate surface area is 151 Å². The summed E-state index contributed by atoms with van der Waals surface area (Å²) in [5.74, 6) is 2.72. The summed E-state index contributed by atoms with van der Waals surface area (Å²) in [6.07, 6.45) is 2.54. The molecule has 7 nitrogen and oxygen atoms in total. The number of benzene rings is 2. The van der Waals surface area contributed by atoms with E-state index in [4.69, 9.17) is 9.47 Å². The van der Waals surface area contributed by atoms with Gasteiger partial charge >= 0.3 is 0 Å². The molecule has 1 aliphatic heterocycles. The molecule has 0 atom stereocenters. The van der Waals surface area contributed by atoms with E-state index in [0.29, 0.717) is 18.3 Å². The van der Waals surface area contributed by atoms with Gasteiger partial charge in [0.25, 0.3) is 0 Å². The first kappa shape index (κ1) is 16.1. The predicted octanol–water partition coefficient (Wildman–Crippen LogP) is 2.87. The molecule has 0 saturated heterocycles. The normalized spacial score (nSPS) is 12.0. The Morgan fingerprint density at radius 1 is 0.923 bits per heavy atom. The SMILES string of the molecule is c1ccc(CCNc2cnnc(NCc3ccc4c(c3)OCO4)n2)cc1. The maximum atomic E-state index is 5.39. The van der Waals surface area contributed by atoms with Crippen LogP contribution in [0.15, 0.2) is 54.7 Å². The average molecular weight is 349 g/mol. The monoisotopic (exact) mass is 349 g/mol. The van der Waals surface area contributed by atoms with Gasteiger partial charge in [-0.05, 0) is 29.7 Å². The van der Waals surface area contributed by atoms with E-state index < -0.39 is 0 Å². The molecule has 0 radical (unpaired) electrons. The third-order valence-corrected chi connectivity index (χ3v) is 4.01. The van der Waals surface area contributed by atoms with Crippen LogP contribution in [0.1, 0.15) is 11.1 Å². The molecule has 3 aromatic rings. The fourth-order valence-electron chi connectivity index (χ4n) is 2.68. The zero-order valence-corrected chi connectivity index (χ0v) is 14.2. The van der Waals surface area contributed by atoms with E-state index in [0.717, 1.165) is 30.0 Å². The lowest BCUT2D eigenvalue weighted by molar-refractivity contribution is 0.174. The van der Waals surface area contributed by atoms with E-state index in [1.54, 1.807) is 6.20 Å². The first-order valence-corrected chi connectivity index (χ1v) is 8.47. The Balaban J connectivity index is 1.31. The predicted molar refractivity (Wildman–Crippen MR) is 98.4 cm³/mol. The summed E-state index contributed by atoms with van der Waals surface area (Å²) in [6.45, 7) is 1.63. The van der Waals surface area contributed by atoms with Gasteiger partial charge in [0.2, 0.25) is 12.7 Å². The molecule has 0 aliphatic carbocycles. The molecule has 2 heterocycles. The Morgan fingerprint density at radius 2 is 1.81 bits per heavy atom. The third-order valence-electron chi connectivity index (χ3n) is 4.01. The molecule has 0 fully saturated rings. The van der Waals surface area contributed by atoms with Gasteiger partial charge in [-0.15, -0.1) is 5.10 Å². The van der Waals surface area contributed by atoms with Crippen molar-refractivity contribution >= 4 is 11.8 Å². The number of nitrogens with one attached hydrogen (secondary N) is 2. The minimum atomic E-state index is 0.274. The maximum absolute atomic E-state index is 5.39. The van der Waals surface area contributed by atoms with Crippen molar-refractivity contribution in [1.82, 2.24) is 15.2 Å². The molecule has 26 heavy (non-hydrogen) atoms. The second kappa shape index (κ2) is 7.69. The largest absolute Gasteiger partial charge is 0.454 e. The first-order chi connectivity index (χ1) is 12.9. The molecular formula is C19H19N5O2. The van der Waals surface area contributed by atoms with E-state index in [2.05, 4.69) is 37.9 Å². The van der Waals surface area contributed by atoms with Crippen molar-refractivity contribution in [2.45, 2.75) is 13.0 Å². The molecule has 2 N–H and O–H groups in total. The van der Waals surface area contributed by atoms with Crippen LogP contribution in [-0.2, 0) is 13.0 Å². The van der Waals surface area contributed by atoms with Crippen LogP contribution in [0.3, 0.4) is 0 Å². The van der Waals surface area contributed by atoms with E-state index >= 15 is 0 Å². The van der Waals surface area contributed by atoms with Gasteiger partial charge in [-0.2, -0.15) is 10.1 Å². The molecule has 4 rings (SSSR count). The Morgan fingerprint density at radius 3 is 2.73 bits per heavy atom. The highest BCUT2D eigenvalue weighted by Gasteiger charge is 2.13. The molecule has 0 saturated carbocycles. The van der Waals surface area contributed by atoms with Crippen LogP contribution in [0.4, 0.5) is 11.8 Å². The van der Waals surface area contributed by atoms with Gasteiger partial charge in [-0.3, -0.25) is 0 Å². The van der Waals surface area contributed by atoms with Crippen LogP contribution >= 0.6 is 0 Å². The number of nitrogens with zero attached hydrogens (tertiary/aromatic N) is 3. The highest BCUT2D eigenvalue weighted by Crippen LogP contribution is 2.32. The standard InChI is InChI=1S/C19H19N5O2/c1-2-4-14(5-3-1)8-9-20-18-12-22-24-19(23-18)21-11-15-6-7-16-17(10-15)26-13-25-16/h1-7,10,12H,8-9,11,13H2,(H2,20,21,23,24). The number of aromatic nitrogens is 3. The van der Waals surface area contributed by atoms with Crippen LogP contribution in [0.2, 0.25) is 0 Å². The number of hydrogen-bond acceptors (Lipinski definition) is 7. The van der Waals surface area contributed by atoms with Gasteiger partial charge in [-0.25, -0.2) is 0 Å². The second-order valence-corrected chi connectivity index (χ2v) is 5.87. The molecule has 0 bridgehead atoms. The van der Waals surface area contributed by atoms with Gasteiger partial charge in [0.05, 0.1) is 6.20 Å². The van der Waals surface area contributed by atoms with Gasteiger partial charge in [-0.1, -0.05) is 36.4 Å². The molecule has 0 amide bonds. The number of fused-ring (bicyclic) bond motifs is 1. The summed E-state index contributed by atoms with van der Waals surface area (Å²) in [4.78, 5) is 4.44. The smallest absolute Gasteiger partial charge is 0.244 e. The summed E-state index contributed by atoms with van der Waals surface area (Å²) in [7, 11) is 0. The van der Waals surface area contributed by atoms with Gasteiger partial charge in [0, 0.05) is 13.1 Å². The Bertz CT molecular complexity index is 873. The maximum Gasteiger partial charge on any atom is 0.244 e. The van der Waals surface area contributed by atoms with E-state index in [1.807, 2.05) is 36.4 Å². The lowest BCUT2D eigenvalue weighted by Gasteiger charge is -2.08.